The molecule has 0 aromatic heterocycles. The van der Waals surface area contributed by atoms with Crippen molar-refractivity contribution in [3.8, 4) is 17.2 Å². The van der Waals surface area contributed by atoms with E-state index in [2.05, 4.69) is 24.3 Å². The number of unbranched alkanes of at least 4 members (excludes halogenated alkanes) is 2. The zero-order valence-electron chi connectivity index (χ0n) is 17.7. The SMILES string of the molecule is CN(C)CCCCCOc1ccc(/C=C/C(=O)Nc2cccc3c2OCCO3)cc1.[NaH]. The number of hydrogen-bond acceptors (Lipinski definition) is 5. The molecule has 1 N–H and O–H groups in total. The van der Waals surface area contributed by atoms with Crippen molar-refractivity contribution in [3.63, 3.8) is 0 Å². The average molecular weight is 435 g/mol. The fraction of sp³-hybridized carbons (Fsp3) is 0.375. The summed E-state index contributed by atoms with van der Waals surface area (Å²) in [5.41, 5.74) is 1.54. The molecule has 0 unspecified atom stereocenters. The van der Waals surface area contributed by atoms with Gasteiger partial charge in [-0.25, -0.2) is 0 Å². The summed E-state index contributed by atoms with van der Waals surface area (Å²) in [5, 5.41) is 2.84. The number of para-hydroxylation sites is 1. The first kappa shape index (κ1) is 25.3. The average Bonchev–Trinajstić information content (AvgIpc) is 2.75. The van der Waals surface area contributed by atoms with Crippen LogP contribution in [0.15, 0.2) is 48.5 Å². The molecule has 7 heteroatoms. The summed E-state index contributed by atoms with van der Waals surface area (Å²) in [7, 11) is 4.18. The van der Waals surface area contributed by atoms with E-state index in [1.807, 2.05) is 36.4 Å². The fourth-order valence-corrected chi connectivity index (χ4v) is 3.09. The molecular weight excluding hydrogens is 403 g/mol. The van der Waals surface area contributed by atoms with Gasteiger partial charge in [0.25, 0.3) is 0 Å². The van der Waals surface area contributed by atoms with Crippen molar-refractivity contribution >= 4 is 47.2 Å². The minimum atomic E-state index is -0.226. The van der Waals surface area contributed by atoms with Crippen LogP contribution in [-0.4, -0.2) is 80.8 Å². The van der Waals surface area contributed by atoms with Gasteiger partial charge in [0.2, 0.25) is 5.91 Å². The Balaban J connectivity index is 0.00000341. The predicted octanol–water partition coefficient (Wildman–Crippen LogP) is 3.57. The topological polar surface area (TPSA) is 60.0 Å². The Morgan fingerprint density at radius 2 is 1.84 bits per heavy atom. The third kappa shape index (κ3) is 8.57. The van der Waals surface area contributed by atoms with E-state index >= 15 is 0 Å². The first-order valence-electron chi connectivity index (χ1n) is 10.4. The predicted molar refractivity (Wildman–Crippen MR) is 127 cm³/mol. The monoisotopic (exact) mass is 434 g/mol. The molecule has 6 nitrogen and oxygen atoms in total. The van der Waals surface area contributed by atoms with Crippen molar-refractivity contribution in [2.24, 2.45) is 0 Å². The molecule has 0 atom stereocenters. The van der Waals surface area contributed by atoms with Gasteiger partial charge in [-0.3, -0.25) is 4.79 Å². The van der Waals surface area contributed by atoms with Crippen LogP contribution in [0.2, 0.25) is 0 Å². The molecule has 2 aromatic carbocycles. The van der Waals surface area contributed by atoms with Gasteiger partial charge in [0, 0.05) is 6.08 Å². The zero-order chi connectivity index (χ0) is 21.2. The van der Waals surface area contributed by atoms with Gasteiger partial charge in [-0.1, -0.05) is 18.2 Å². The van der Waals surface area contributed by atoms with E-state index in [-0.39, 0.29) is 35.5 Å². The Hall–Kier alpha value is -1.99. The maximum atomic E-state index is 12.3. The number of fused-ring (bicyclic) bond motifs is 1. The Bertz CT molecular complexity index is 853. The van der Waals surface area contributed by atoms with Crippen LogP contribution in [0.1, 0.15) is 24.8 Å². The van der Waals surface area contributed by atoms with Crippen LogP contribution in [0.3, 0.4) is 0 Å². The van der Waals surface area contributed by atoms with E-state index in [4.69, 9.17) is 14.2 Å². The van der Waals surface area contributed by atoms with Gasteiger partial charge >= 0.3 is 29.6 Å². The summed E-state index contributed by atoms with van der Waals surface area (Å²) in [5.74, 6) is 1.85. The van der Waals surface area contributed by atoms with Gasteiger partial charge < -0.3 is 24.4 Å². The molecule has 1 aliphatic heterocycles. The van der Waals surface area contributed by atoms with Crippen molar-refractivity contribution in [1.29, 1.82) is 0 Å². The molecule has 0 spiro atoms. The van der Waals surface area contributed by atoms with Gasteiger partial charge in [-0.15, -0.1) is 0 Å². The molecule has 2 aromatic rings. The van der Waals surface area contributed by atoms with Gasteiger partial charge in [0.1, 0.15) is 19.0 Å². The summed E-state index contributed by atoms with van der Waals surface area (Å²) in [6.07, 6.45) is 6.67. The third-order valence-corrected chi connectivity index (χ3v) is 4.65. The zero-order valence-corrected chi connectivity index (χ0v) is 17.7. The van der Waals surface area contributed by atoms with Crippen LogP contribution >= 0.6 is 0 Å². The maximum absolute atomic E-state index is 12.3. The number of hydrogen-bond donors (Lipinski definition) is 1. The Morgan fingerprint density at radius 3 is 2.61 bits per heavy atom. The van der Waals surface area contributed by atoms with E-state index in [1.165, 1.54) is 12.5 Å². The Kier molecular flexibility index (Phi) is 10.9. The quantitative estimate of drug-likeness (QED) is 0.352. The summed E-state index contributed by atoms with van der Waals surface area (Å²) in [4.78, 5) is 14.5. The van der Waals surface area contributed by atoms with E-state index in [0.29, 0.717) is 30.4 Å². The summed E-state index contributed by atoms with van der Waals surface area (Å²) < 4.78 is 16.9. The number of carbonyl (C=O) groups excluding carboxylic acids is 1. The molecule has 0 aliphatic carbocycles. The minimum absolute atomic E-state index is 0. The second-order valence-corrected chi connectivity index (χ2v) is 7.43. The van der Waals surface area contributed by atoms with Gasteiger partial charge in [0.05, 0.1) is 12.3 Å². The van der Waals surface area contributed by atoms with Crippen molar-refractivity contribution in [3.05, 3.63) is 54.1 Å². The standard InChI is InChI=1S/C24H30N2O4.Na.H/c1-26(2)15-4-3-5-16-28-20-12-9-19(10-13-20)11-14-23(27)25-21-7-6-8-22-24(21)30-18-17-29-22;;/h6-14H,3-5,15-18H2,1-2H3,(H,25,27);;/b14-11+;;. The molecular formula is C24H31N2NaO4. The number of carbonyl (C=O) groups is 1. The molecule has 0 radical (unpaired) electrons. The molecule has 0 saturated carbocycles. The molecule has 3 rings (SSSR count). The Morgan fingerprint density at radius 1 is 1.06 bits per heavy atom. The number of nitrogens with zero attached hydrogens (tertiary/aromatic N) is 1. The first-order valence-corrected chi connectivity index (χ1v) is 10.4. The normalized spacial score (nSPS) is 12.5. The summed E-state index contributed by atoms with van der Waals surface area (Å²) >= 11 is 0. The second kappa shape index (κ2) is 13.4. The van der Waals surface area contributed by atoms with E-state index in [0.717, 1.165) is 37.3 Å². The molecule has 1 heterocycles. The molecule has 1 amide bonds. The van der Waals surface area contributed by atoms with Crippen molar-refractivity contribution < 1.29 is 19.0 Å². The first-order chi connectivity index (χ1) is 14.6. The number of anilines is 1. The molecule has 0 fully saturated rings. The number of ether oxygens (including phenoxy) is 3. The number of benzene rings is 2. The van der Waals surface area contributed by atoms with Crippen LogP contribution in [0, 0.1) is 0 Å². The molecule has 0 bridgehead atoms. The molecule has 0 saturated heterocycles. The van der Waals surface area contributed by atoms with Crippen molar-refractivity contribution in [1.82, 2.24) is 4.90 Å². The van der Waals surface area contributed by atoms with Crippen LogP contribution in [0.25, 0.3) is 6.08 Å². The van der Waals surface area contributed by atoms with E-state index < -0.39 is 0 Å². The number of amides is 1. The molecule has 31 heavy (non-hydrogen) atoms. The second-order valence-electron chi connectivity index (χ2n) is 7.43. The van der Waals surface area contributed by atoms with E-state index in [1.54, 1.807) is 12.1 Å². The van der Waals surface area contributed by atoms with Gasteiger partial charge in [-0.2, -0.15) is 0 Å². The van der Waals surface area contributed by atoms with Gasteiger partial charge in [-0.05, 0) is 75.8 Å². The molecule has 162 valence electrons. The fourth-order valence-electron chi connectivity index (χ4n) is 3.09. The third-order valence-electron chi connectivity index (χ3n) is 4.65. The Labute approximate surface area is 206 Å². The van der Waals surface area contributed by atoms with Crippen LogP contribution in [-0.2, 0) is 4.79 Å². The van der Waals surface area contributed by atoms with Crippen LogP contribution < -0.4 is 19.5 Å². The van der Waals surface area contributed by atoms with Crippen LogP contribution in [0.5, 0.6) is 17.2 Å². The molecule has 1 aliphatic rings. The van der Waals surface area contributed by atoms with E-state index in [9.17, 15) is 4.79 Å². The summed E-state index contributed by atoms with van der Waals surface area (Å²) in [6.45, 7) is 2.82. The van der Waals surface area contributed by atoms with Crippen molar-refractivity contribution in [2.75, 3.05) is 45.8 Å². The van der Waals surface area contributed by atoms with Gasteiger partial charge in [0.15, 0.2) is 11.5 Å². The summed E-state index contributed by atoms with van der Waals surface area (Å²) in [6, 6.07) is 13.2. The van der Waals surface area contributed by atoms with Crippen LogP contribution in [0.4, 0.5) is 5.69 Å². The number of rotatable bonds is 10. The van der Waals surface area contributed by atoms with Crippen molar-refractivity contribution in [2.45, 2.75) is 19.3 Å². The number of nitrogens with one attached hydrogen (secondary N) is 1.